The highest BCUT2D eigenvalue weighted by Crippen LogP contribution is 2.04. The summed E-state index contributed by atoms with van der Waals surface area (Å²) in [5.74, 6) is 0.862. The molecule has 1 aromatic rings. The van der Waals surface area contributed by atoms with Gasteiger partial charge in [-0.1, -0.05) is 6.07 Å². The molecule has 7 nitrogen and oxygen atoms in total. The summed E-state index contributed by atoms with van der Waals surface area (Å²) in [5.41, 5.74) is 0. The number of amides is 3. The maximum Gasteiger partial charge on any atom is 0.321 e. The van der Waals surface area contributed by atoms with Gasteiger partial charge in [0.25, 0.3) is 11.7 Å². The van der Waals surface area contributed by atoms with Gasteiger partial charge in [0, 0.05) is 13.1 Å². The lowest BCUT2D eigenvalue weighted by Crippen LogP contribution is -3.16. The number of anilines is 1. The molecule has 0 spiro atoms. The number of hydrogen-bond donors (Lipinski definition) is 3. The van der Waals surface area contributed by atoms with Crippen LogP contribution in [0.15, 0.2) is 24.4 Å². The Bertz CT molecular complexity index is 457. The highest BCUT2D eigenvalue weighted by atomic mass is 16.2. The number of imide groups is 1. The quantitative estimate of drug-likeness (QED) is 0.580. The van der Waals surface area contributed by atoms with Gasteiger partial charge in [-0.05, 0) is 6.07 Å². The Hall–Kier alpha value is -2.15. The van der Waals surface area contributed by atoms with Crippen molar-refractivity contribution in [1.82, 2.24) is 10.6 Å². The Morgan fingerprint density at radius 3 is 2.70 bits per heavy atom. The molecule has 0 aliphatic carbocycles. The molecule has 0 saturated carbocycles. The van der Waals surface area contributed by atoms with E-state index in [-0.39, 0.29) is 5.91 Å². The lowest BCUT2D eigenvalue weighted by atomic mass is 10.3. The highest BCUT2D eigenvalue weighted by Gasteiger charge is 2.27. The molecule has 108 valence electrons. The third kappa shape index (κ3) is 3.92. The van der Waals surface area contributed by atoms with Crippen molar-refractivity contribution >= 4 is 17.8 Å². The predicted octanol–water partition coefficient (Wildman–Crippen LogP) is -2.34. The smallest absolute Gasteiger partial charge is 0.321 e. The number of carbonyl (C=O) groups is 2. The zero-order chi connectivity index (χ0) is 14.4. The summed E-state index contributed by atoms with van der Waals surface area (Å²) in [4.78, 5) is 29.3. The van der Waals surface area contributed by atoms with Crippen molar-refractivity contribution in [2.45, 2.75) is 0 Å². The molecule has 0 unspecified atom stereocenters. The van der Waals surface area contributed by atoms with Crippen molar-refractivity contribution < 1.29 is 19.5 Å². The van der Waals surface area contributed by atoms with E-state index in [4.69, 9.17) is 0 Å². The monoisotopic (exact) mass is 279 g/mol. The molecule has 4 N–H and O–H groups in total. The maximum atomic E-state index is 11.6. The Labute approximate surface area is 118 Å². The number of piperazine rings is 1. The summed E-state index contributed by atoms with van der Waals surface area (Å²) in [7, 11) is 1.49. The van der Waals surface area contributed by atoms with Crippen molar-refractivity contribution in [3.8, 4) is 0 Å². The number of hydrogen-bond acceptors (Lipinski definition) is 3. The SMILES string of the molecule is CNC(=O)NC(=O)C[NH+]1CCN(c2cccc[nH+]2)CC1. The van der Waals surface area contributed by atoms with E-state index in [1.54, 1.807) is 0 Å². The van der Waals surface area contributed by atoms with Crippen LogP contribution >= 0.6 is 0 Å². The van der Waals surface area contributed by atoms with Gasteiger partial charge in [0.05, 0.1) is 6.20 Å². The van der Waals surface area contributed by atoms with E-state index in [0.29, 0.717) is 6.54 Å². The molecule has 0 radical (unpaired) electrons. The van der Waals surface area contributed by atoms with Crippen LogP contribution in [0.2, 0.25) is 0 Å². The fourth-order valence-electron chi connectivity index (χ4n) is 2.28. The van der Waals surface area contributed by atoms with Crippen LogP contribution in [0, 0.1) is 0 Å². The topological polar surface area (TPSA) is 80.0 Å². The number of rotatable bonds is 3. The first-order valence-corrected chi connectivity index (χ1v) is 6.76. The second kappa shape index (κ2) is 6.85. The molecule has 3 amide bonds. The molecule has 1 fully saturated rings. The number of urea groups is 1. The minimum absolute atomic E-state index is 0.237. The Morgan fingerprint density at radius 1 is 1.35 bits per heavy atom. The fourth-order valence-corrected chi connectivity index (χ4v) is 2.28. The van der Waals surface area contributed by atoms with E-state index >= 15 is 0 Å². The molecule has 2 heterocycles. The summed E-state index contributed by atoms with van der Waals surface area (Å²) in [5, 5.41) is 4.66. The lowest BCUT2D eigenvalue weighted by molar-refractivity contribution is -0.892. The zero-order valence-corrected chi connectivity index (χ0v) is 11.6. The summed E-state index contributed by atoms with van der Waals surface area (Å²) in [6.45, 7) is 3.87. The number of aromatic amines is 1. The Morgan fingerprint density at radius 2 is 2.10 bits per heavy atom. The number of carbonyl (C=O) groups excluding carboxylic acids is 2. The van der Waals surface area contributed by atoms with Crippen LogP contribution in [0.3, 0.4) is 0 Å². The van der Waals surface area contributed by atoms with Crippen LogP contribution in [-0.4, -0.2) is 51.7 Å². The fraction of sp³-hybridized carbons (Fsp3) is 0.462. The first-order valence-electron chi connectivity index (χ1n) is 6.76. The van der Waals surface area contributed by atoms with E-state index in [9.17, 15) is 9.59 Å². The standard InChI is InChI=1S/C13H19N5O2/c1-14-13(20)16-12(19)10-17-6-8-18(9-7-17)11-4-2-3-5-15-11/h2-5H,6-10H2,1H3,(H2,14,16,19,20)/p+2. The lowest BCUT2D eigenvalue weighted by Gasteiger charge is -2.27. The summed E-state index contributed by atoms with van der Waals surface area (Å²) in [6.07, 6.45) is 1.91. The van der Waals surface area contributed by atoms with Crippen LogP contribution in [0.1, 0.15) is 0 Å². The van der Waals surface area contributed by atoms with Crippen molar-refractivity contribution in [2.75, 3.05) is 44.7 Å². The average molecular weight is 279 g/mol. The zero-order valence-electron chi connectivity index (χ0n) is 11.6. The molecular formula is C13H21N5O2+2. The molecule has 1 aromatic heterocycles. The second-order valence-electron chi connectivity index (χ2n) is 4.79. The number of H-pyrrole nitrogens is 1. The Balaban J connectivity index is 1.77. The molecule has 2 rings (SSSR count). The van der Waals surface area contributed by atoms with Gasteiger partial charge in [-0.25, -0.2) is 9.78 Å². The van der Waals surface area contributed by atoms with Crippen molar-refractivity contribution in [1.29, 1.82) is 0 Å². The van der Waals surface area contributed by atoms with E-state index in [0.717, 1.165) is 32.0 Å². The van der Waals surface area contributed by atoms with Crippen molar-refractivity contribution in [2.24, 2.45) is 0 Å². The van der Waals surface area contributed by atoms with Crippen molar-refractivity contribution in [3.05, 3.63) is 24.4 Å². The number of aromatic nitrogens is 1. The first kappa shape index (κ1) is 14.3. The van der Waals surface area contributed by atoms with Gasteiger partial charge in [0.15, 0.2) is 6.54 Å². The van der Waals surface area contributed by atoms with E-state index in [1.165, 1.54) is 11.9 Å². The second-order valence-corrected chi connectivity index (χ2v) is 4.79. The number of pyridine rings is 1. The first-order chi connectivity index (χ1) is 9.69. The number of nitrogens with one attached hydrogen (secondary N) is 4. The largest absolute Gasteiger partial charge is 0.341 e. The predicted molar refractivity (Wildman–Crippen MR) is 73.4 cm³/mol. The van der Waals surface area contributed by atoms with Gasteiger partial charge in [-0.2, -0.15) is 0 Å². The number of quaternary nitrogens is 1. The molecular weight excluding hydrogens is 258 g/mol. The maximum absolute atomic E-state index is 11.6. The van der Waals surface area contributed by atoms with Crippen LogP contribution in [0.5, 0.6) is 0 Å². The average Bonchev–Trinajstić information content (AvgIpc) is 2.48. The van der Waals surface area contributed by atoms with E-state index in [2.05, 4.69) is 20.5 Å². The summed E-state index contributed by atoms with van der Waals surface area (Å²) in [6, 6.07) is 5.55. The molecule has 1 aliphatic rings. The minimum atomic E-state index is -0.452. The van der Waals surface area contributed by atoms with Gasteiger partial charge < -0.3 is 10.2 Å². The van der Waals surface area contributed by atoms with E-state index in [1.807, 2.05) is 24.4 Å². The van der Waals surface area contributed by atoms with Crippen molar-refractivity contribution in [3.63, 3.8) is 0 Å². The Kier molecular flexibility index (Phi) is 4.89. The normalized spacial score (nSPS) is 15.8. The molecule has 1 saturated heterocycles. The minimum Gasteiger partial charge on any atom is -0.341 e. The van der Waals surface area contributed by atoms with Crippen LogP contribution in [-0.2, 0) is 4.79 Å². The van der Waals surface area contributed by atoms with Gasteiger partial charge in [-0.15, -0.1) is 0 Å². The molecule has 1 aliphatic heterocycles. The third-order valence-corrected chi connectivity index (χ3v) is 3.39. The molecule has 0 aromatic carbocycles. The molecule has 20 heavy (non-hydrogen) atoms. The highest BCUT2D eigenvalue weighted by molar-refractivity contribution is 5.94. The van der Waals surface area contributed by atoms with Crippen LogP contribution in [0.4, 0.5) is 10.6 Å². The summed E-state index contributed by atoms with van der Waals surface area (Å²) < 4.78 is 0. The van der Waals surface area contributed by atoms with Gasteiger partial charge >= 0.3 is 6.03 Å². The molecule has 7 heteroatoms. The molecule has 0 atom stereocenters. The number of nitrogens with zero attached hydrogens (tertiary/aromatic N) is 1. The van der Waals surface area contributed by atoms with Crippen LogP contribution < -0.4 is 25.4 Å². The van der Waals surface area contributed by atoms with Gasteiger partial charge in [0.2, 0.25) is 0 Å². The summed E-state index contributed by atoms with van der Waals surface area (Å²) >= 11 is 0. The van der Waals surface area contributed by atoms with Gasteiger partial charge in [-0.3, -0.25) is 15.0 Å². The van der Waals surface area contributed by atoms with Gasteiger partial charge in [0.1, 0.15) is 26.2 Å². The van der Waals surface area contributed by atoms with E-state index < -0.39 is 6.03 Å². The molecule has 0 bridgehead atoms. The third-order valence-electron chi connectivity index (χ3n) is 3.39. The van der Waals surface area contributed by atoms with Crippen LogP contribution in [0.25, 0.3) is 0 Å².